The molecule has 3 heterocycles. The van der Waals surface area contributed by atoms with Gasteiger partial charge in [-0.25, -0.2) is 0 Å². The number of amides is 1. The number of morpholine rings is 1. The molecule has 1 aliphatic rings. The fraction of sp³-hybridized carbons (Fsp3) is 0.368. The van der Waals surface area contributed by atoms with E-state index in [0.717, 1.165) is 24.6 Å². The third-order valence-corrected chi connectivity index (χ3v) is 4.79. The van der Waals surface area contributed by atoms with E-state index in [2.05, 4.69) is 30.8 Å². The summed E-state index contributed by atoms with van der Waals surface area (Å²) in [6.07, 6.45) is 0. The monoisotopic (exact) mass is 382 g/mol. The Bertz CT molecular complexity index is 917. The van der Waals surface area contributed by atoms with Crippen LogP contribution < -0.4 is 5.32 Å². The lowest BCUT2D eigenvalue weighted by atomic mass is 10.1. The molecule has 9 heteroatoms. The molecule has 1 atom stereocenters. The average molecular weight is 382 g/mol. The molecule has 146 valence electrons. The van der Waals surface area contributed by atoms with Crippen molar-refractivity contribution in [2.24, 2.45) is 0 Å². The number of hydrogen-bond donors (Lipinski definition) is 2. The number of rotatable bonds is 6. The predicted octanol–water partition coefficient (Wildman–Crippen LogP) is 1.57. The van der Waals surface area contributed by atoms with Crippen molar-refractivity contribution in [3.8, 4) is 11.4 Å². The van der Waals surface area contributed by atoms with Crippen LogP contribution in [0, 0.1) is 6.92 Å². The minimum absolute atomic E-state index is 0.0566. The van der Waals surface area contributed by atoms with Crippen molar-refractivity contribution < 1.29 is 13.9 Å². The van der Waals surface area contributed by atoms with Crippen molar-refractivity contribution in [2.45, 2.75) is 13.0 Å². The molecule has 9 nitrogen and oxygen atoms in total. The van der Waals surface area contributed by atoms with Crippen LogP contribution in [-0.2, 0) is 4.74 Å². The van der Waals surface area contributed by atoms with Crippen molar-refractivity contribution in [1.82, 2.24) is 30.8 Å². The quantitative estimate of drug-likeness (QED) is 0.666. The fourth-order valence-corrected chi connectivity index (χ4v) is 3.37. The van der Waals surface area contributed by atoms with Crippen LogP contribution in [0.4, 0.5) is 0 Å². The van der Waals surface area contributed by atoms with Crippen LogP contribution in [0.5, 0.6) is 0 Å². The van der Waals surface area contributed by atoms with Crippen molar-refractivity contribution >= 4 is 5.91 Å². The minimum atomic E-state index is -0.193. The lowest BCUT2D eigenvalue weighted by Crippen LogP contribution is -2.43. The fourth-order valence-electron chi connectivity index (χ4n) is 3.37. The number of ether oxygens (including phenoxy) is 1. The molecular formula is C19H22N6O3. The van der Waals surface area contributed by atoms with Gasteiger partial charge in [-0.05, 0) is 30.3 Å². The van der Waals surface area contributed by atoms with Gasteiger partial charge >= 0.3 is 0 Å². The number of H-pyrrole nitrogens is 1. The molecule has 0 spiro atoms. The van der Waals surface area contributed by atoms with Gasteiger partial charge in [-0.3, -0.25) is 9.69 Å². The molecule has 1 amide bonds. The number of aryl methyl sites for hydroxylation is 1. The van der Waals surface area contributed by atoms with Gasteiger partial charge in [0.25, 0.3) is 5.91 Å². The third-order valence-electron chi connectivity index (χ3n) is 4.79. The Morgan fingerprint density at radius 1 is 1.25 bits per heavy atom. The third kappa shape index (κ3) is 3.95. The van der Waals surface area contributed by atoms with Gasteiger partial charge in [0.05, 0.1) is 24.8 Å². The summed E-state index contributed by atoms with van der Waals surface area (Å²) in [6.45, 7) is 5.26. The first-order chi connectivity index (χ1) is 13.7. The molecule has 2 aromatic heterocycles. The largest absolute Gasteiger partial charge is 0.465 e. The molecule has 1 aromatic carbocycles. The minimum Gasteiger partial charge on any atom is -0.465 e. The van der Waals surface area contributed by atoms with Crippen LogP contribution in [0.3, 0.4) is 0 Å². The van der Waals surface area contributed by atoms with Crippen LogP contribution in [-0.4, -0.2) is 64.3 Å². The Labute approximate surface area is 162 Å². The highest BCUT2D eigenvalue weighted by Gasteiger charge is 2.26. The zero-order valence-electron chi connectivity index (χ0n) is 15.6. The molecule has 0 aliphatic carbocycles. The maximum atomic E-state index is 12.9. The summed E-state index contributed by atoms with van der Waals surface area (Å²) in [5.74, 6) is 1.88. The van der Waals surface area contributed by atoms with Gasteiger partial charge in [-0.1, -0.05) is 18.2 Å². The molecule has 28 heavy (non-hydrogen) atoms. The topological polar surface area (TPSA) is 109 Å². The number of benzene rings is 1. The zero-order valence-corrected chi connectivity index (χ0v) is 15.6. The SMILES string of the molecule is Cc1ccc([C@H](CNC(=O)c2ccccc2-c2nn[nH]n2)N2CCOCC2)o1. The zero-order chi connectivity index (χ0) is 19.3. The summed E-state index contributed by atoms with van der Waals surface area (Å²) in [7, 11) is 0. The van der Waals surface area contributed by atoms with Crippen LogP contribution in [0.1, 0.15) is 27.9 Å². The van der Waals surface area contributed by atoms with Gasteiger partial charge < -0.3 is 14.5 Å². The molecule has 0 radical (unpaired) electrons. The highest BCUT2D eigenvalue weighted by atomic mass is 16.5. The Balaban J connectivity index is 1.52. The van der Waals surface area contributed by atoms with E-state index in [-0.39, 0.29) is 11.9 Å². The second kappa shape index (κ2) is 8.32. The number of tetrazole rings is 1. The van der Waals surface area contributed by atoms with Crippen LogP contribution in [0.15, 0.2) is 40.8 Å². The number of aromatic nitrogens is 4. The van der Waals surface area contributed by atoms with E-state index in [9.17, 15) is 4.79 Å². The number of furan rings is 1. The van der Waals surface area contributed by atoms with E-state index in [4.69, 9.17) is 9.15 Å². The van der Waals surface area contributed by atoms with E-state index < -0.39 is 0 Å². The average Bonchev–Trinajstić information content (AvgIpc) is 3.41. The summed E-state index contributed by atoms with van der Waals surface area (Å²) >= 11 is 0. The van der Waals surface area contributed by atoms with Crippen LogP contribution in [0.2, 0.25) is 0 Å². The Morgan fingerprint density at radius 3 is 2.79 bits per heavy atom. The number of nitrogens with zero attached hydrogens (tertiary/aromatic N) is 4. The summed E-state index contributed by atoms with van der Waals surface area (Å²) in [6, 6.07) is 11.1. The smallest absolute Gasteiger partial charge is 0.252 e. The standard InChI is InChI=1S/C19H22N6O3/c1-13-6-7-17(28-13)16(25-8-10-27-11-9-25)12-20-19(26)15-5-3-2-4-14(15)18-21-23-24-22-18/h2-7,16H,8-12H2,1H3,(H,20,26)(H,21,22,23,24)/t16-/m0/s1. The van der Waals surface area contributed by atoms with E-state index in [1.807, 2.05) is 31.2 Å². The molecular weight excluding hydrogens is 360 g/mol. The summed E-state index contributed by atoms with van der Waals surface area (Å²) in [5.41, 5.74) is 1.13. The Kier molecular flexibility index (Phi) is 5.45. The van der Waals surface area contributed by atoms with E-state index in [1.54, 1.807) is 12.1 Å². The first kappa shape index (κ1) is 18.3. The number of carbonyl (C=O) groups is 1. The van der Waals surface area contributed by atoms with Crippen LogP contribution >= 0.6 is 0 Å². The van der Waals surface area contributed by atoms with Gasteiger partial charge in [-0.2, -0.15) is 5.21 Å². The van der Waals surface area contributed by atoms with E-state index >= 15 is 0 Å². The van der Waals surface area contributed by atoms with Gasteiger partial charge in [0.2, 0.25) is 5.82 Å². The predicted molar refractivity (Wildman–Crippen MR) is 101 cm³/mol. The highest BCUT2D eigenvalue weighted by Crippen LogP contribution is 2.24. The summed E-state index contributed by atoms with van der Waals surface area (Å²) in [4.78, 5) is 15.2. The lowest BCUT2D eigenvalue weighted by molar-refractivity contribution is 0.0117. The van der Waals surface area contributed by atoms with Gasteiger partial charge in [0, 0.05) is 25.2 Å². The van der Waals surface area contributed by atoms with Crippen molar-refractivity contribution in [2.75, 3.05) is 32.8 Å². The number of hydrogen-bond acceptors (Lipinski definition) is 7. The maximum absolute atomic E-state index is 12.9. The van der Waals surface area contributed by atoms with E-state index in [0.29, 0.717) is 36.7 Å². The highest BCUT2D eigenvalue weighted by molar-refractivity contribution is 6.00. The summed E-state index contributed by atoms with van der Waals surface area (Å²) < 4.78 is 11.3. The van der Waals surface area contributed by atoms with Gasteiger partial charge in [0.15, 0.2) is 0 Å². The molecule has 4 rings (SSSR count). The Morgan fingerprint density at radius 2 is 2.07 bits per heavy atom. The van der Waals surface area contributed by atoms with Crippen molar-refractivity contribution in [1.29, 1.82) is 0 Å². The first-order valence-electron chi connectivity index (χ1n) is 9.21. The molecule has 0 bridgehead atoms. The molecule has 1 saturated heterocycles. The number of aromatic amines is 1. The van der Waals surface area contributed by atoms with Crippen LogP contribution in [0.25, 0.3) is 11.4 Å². The second-order valence-corrected chi connectivity index (χ2v) is 6.60. The van der Waals surface area contributed by atoms with Crippen molar-refractivity contribution in [3.63, 3.8) is 0 Å². The molecule has 1 aliphatic heterocycles. The van der Waals surface area contributed by atoms with Gasteiger partial charge in [0.1, 0.15) is 11.5 Å². The Hall–Kier alpha value is -3.04. The van der Waals surface area contributed by atoms with Gasteiger partial charge in [-0.15, -0.1) is 10.2 Å². The number of carbonyl (C=O) groups excluding carboxylic acids is 1. The van der Waals surface area contributed by atoms with Crippen molar-refractivity contribution in [3.05, 3.63) is 53.5 Å². The molecule has 0 unspecified atom stereocenters. The summed E-state index contributed by atoms with van der Waals surface area (Å²) in [5, 5.41) is 17.0. The lowest BCUT2D eigenvalue weighted by Gasteiger charge is -2.33. The molecule has 2 N–H and O–H groups in total. The second-order valence-electron chi connectivity index (χ2n) is 6.60. The number of nitrogens with one attached hydrogen (secondary N) is 2. The molecule has 3 aromatic rings. The van der Waals surface area contributed by atoms with E-state index in [1.165, 1.54) is 0 Å². The normalized spacial score (nSPS) is 16.0. The first-order valence-corrected chi connectivity index (χ1v) is 9.21. The maximum Gasteiger partial charge on any atom is 0.252 e. The molecule has 0 saturated carbocycles. The molecule has 1 fully saturated rings.